The zero-order chi connectivity index (χ0) is 19.0. The Kier molecular flexibility index (Phi) is 4.60. The number of benzene rings is 3. The zero-order valence-electron chi connectivity index (χ0n) is 15.2. The summed E-state index contributed by atoms with van der Waals surface area (Å²) in [5, 5.41) is 13.8. The molecule has 0 aliphatic carbocycles. The van der Waals surface area contributed by atoms with E-state index >= 15 is 0 Å². The third-order valence-corrected chi connectivity index (χ3v) is 4.90. The summed E-state index contributed by atoms with van der Waals surface area (Å²) >= 11 is 0. The summed E-state index contributed by atoms with van der Waals surface area (Å²) in [4.78, 5) is 4.60. The number of rotatable bonds is 4. The Bertz CT molecular complexity index is 1140. The number of hydrogen-bond donors (Lipinski definition) is 1. The van der Waals surface area contributed by atoms with Gasteiger partial charge in [-0.3, -0.25) is 4.98 Å². The number of hydrogen-bond acceptors (Lipinski definition) is 3. The summed E-state index contributed by atoms with van der Waals surface area (Å²) in [6.07, 6.45) is 0.983. The smallest absolute Gasteiger partial charge is 0.131 e. The highest BCUT2D eigenvalue weighted by Gasteiger charge is 2.17. The van der Waals surface area contributed by atoms with Gasteiger partial charge in [0, 0.05) is 29.6 Å². The molecule has 0 bridgehead atoms. The number of aromatic nitrogens is 1. The molecule has 1 N–H and O–H groups in total. The molecule has 0 fully saturated rings. The van der Waals surface area contributed by atoms with Crippen LogP contribution in [0.3, 0.4) is 0 Å². The van der Waals surface area contributed by atoms with Crippen LogP contribution in [0.15, 0.2) is 60.8 Å². The fourth-order valence-corrected chi connectivity index (χ4v) is 3.61. The van der Waals surface area contributed by atoms with E-state index in [2.05, 4.69) is 4.98 Å². The summed E-state index contributed by atoms with van der Waals surface area (Å²) < 4.78 is 19.3. The molecule has 1 unspecified atom stereocenters. The van der Waals surface area contributed by atoms with Crippen molar-refractivity contribution in [2.45, 2.75) is 13.0 Å². The summed E-state index contributed by atoms with van der Waals surface area (Å²) in [6, 6.07) is 16.6. The summed E-state index contributed by atoms with van der Waals surface area (Å²) in [6.45, 7) is 2.21. The lowest BCUT2D eigenvalue weighted by atomic mass is 9.93. The van der Waals surface area contributed by atoms with E-state index in [4.69, 9.17) is 4.74 Å². The number of aryl methyl sites for hydroxylation is 1. The second kappa shape index (κ2) is 7.06. The molecule has 0 saturated carbocycles. The second-order valence-electron chi connectivity index (χ2n) is 6.72. The molecule has 3 nitrogen and oxygen atoms in total. The largest absolute Gasteiger partial charge is 0.386 e. The number of aliphatic hydroxyl groups is 1. The van der Waals surface area contributed by atoms with Gasteiger partial charge in [-0.05, 0) is 41.5 Å². The SMILES string of the molecule is COCC(O)c1ccc(C)cc1-c1nccc2c1ccc1c(F)cccc12. The number of methoxy groups -OCH3 is 1. The first kappa shape index (κ1) is 17.6. The molecule has 0 spiro atoms. The minimum absolute atomic E-state index is 0.203. The second-order valence-corrected chi connectivity index (χ2v) is 6.72. The molecule has 0 radical (unpaired) electrons. The van der Waals surface area contributed by atoms with Gasteiger partial charge in [0.1, 0.15) is 11.9 Å². The molecule has 27 heavy (non-hydrogen) atoms. The molecule has 1 aromatic heterocycles. The van der Waals surface area contributed by atoms with E-state index in [9.17, 15) is 9.50 Å². The van der Waals surface area contributed by atoms with Crippen molar-refractivity contribution < 1.29 is 14.2 Å². The molecule has 0 aliphatic heterocycles. The summed E-state index contributed by atoms with van der Waals surface area (Å²) in [5.74, 6) is -0.237. The summed E-state index contributed by atoms with van der Waals surface area (Å²) in [7, 11) is 1.56. The van der Waals surface area contributed by atoms with Crippen molar-refractivity contribution >= 4 is 21.5 Å². The van der Waals surface area contributed by atoms with Crippen LogP contribution in [-0.2, 0) is 4.74 Å². The van der Waals surface area contributed by atoms with Gasteiger partial charge in [0.05, 0.1) is 12.3 Å². The molecule has 0 aliphatic rings. The maximum Gasteiger partial charge on any atom is 0.131 e. The predicted molar refractivity (Wildman–Crippen MR) is 106 cm³/mol. The normalized spacial score (nSPS) is 12.6. The van der Waals surface area contributed by atoms with Gasteiger partial charge in [-0.2, -0.15) is 0 Å². The quantitative estimate of drug-likeness (QED) is 0.509. The number of halogens is 1. The molecule has 0 saturated heterocycles. The predicted octanol–water partition coefficient (Wildman–Crippen LogP) is 5.18. The van der Waals surface area contributed by atoms with Crippen molar-refractivity contribution in [2.75, 3.05) is 13.7 Å². The maximum atomic E-state index is 14.2. The standard InChI is InChI=1S/C23H20FNO2/c1-14-6-7-18(22(26)13-27-2)20(12-14)23-19-9-8-17-15(4-3-5-21(17)24)16(19)10-11-25-23/h3-12,22,26H,13H2,1-2H3. The fourth-order valence-electron chi connectivity index (χ4n) is 3.61. The van der Waals surface area contributed by atoms with Gasteiger partial charge in [0.25, 0.3) is 0 Å². The first-order valence-electron chi connectivity index (χ1n) is 8.84. The van der Waals surface area contributed by atoms with Crippen molar-refractivity contribution in [2.24, 2.45) is 0 Å². The molecule has 1 heterocycles. The summed E-state index contributed by atoms with van der Waals surface area (Å²) in [5.41, 5.74) is 3.47. The average molecular weight is 361 g/mol. The Labute approximate surface area is 157 Å². The Morgan fingerprint density at radius 1 is 1.00 bits per heavy atom. The van der Waals surface area contributed by atoms with Crippen LogP contribution in [0.4, 0.5) is 4.39 Å². The van der Waals surface area contributed by atoms with E-state index in [0.29, 0.717) is 5.39 Å². The van der Waals surface area contributed by atoms with Gasteiger partial charge in [-0.1, -0.05) is 42.0 Å². The Balaban J connectivity index is 2.02. The van der Waals surface area contributed by atoms with Crippen molar-refractivity contribution in [1.29, 1.82) is 0 Å². The number of aliphatic hydroxyl groups excluding tert-OH is 1. The third kappa shape index (κ3) is 3.07. The lowest BCUT2D eigenvalue weighted by Gasteiger charge is -2.17. The van der Waals surface area contributed by atoms with Gasteiger partial charge in [-0.25, -0.2) is 4.39 Å². The van der Waals surface area contributed by atoms with Crippen molar-refractivity contribution in [3.63, 3.8) is 0 Å². The maximum absolute atomic E-state index is 14.2. The van der Waals surface area contributed by atoms with Crippen LogP contribution in [0.25, 0.3) is 32.8 Å². The highest BCUT2D eigenvalue weighted by molar-refractivity contribution is 6.11. The molecule has 4 aromatic rings. The van der Waals surface area contributed by atoms with Gasteiger partial charge < -0.3 is 9.84 Å². The van der Waals surface area contributed by atoms with Crippen LogP contribution < -0.4 is 0 Å². The van der Waals surface area contributed by atoms with Gasteiger partial charge in [0.15, 0.2) is 0 Å². The molecular formula is C23H20FNO2. The van der Waals surface area contributed by atoms with Crippen LogP contribution in [0, 0.1) is 12.7 Å². The van der Waals surface area contributed by atoms with Crippen LogP contribution in [0.2, 0.25) is 0 Å². The average Bonchev–Trinajstić information content (AvgIpc) is 2.67. The molecule has 136 valence electrons. The first-order valence-corrected chi connectivity index (χ1v) is 8.84. The number of ether oxygens (including phenoxy) is 1. The Hall–Kier alpha value is -2.82. The molecule has 3 aromatic carbocycles. The van der Waals surface area contributed by atoms with E-state index in [0.717, 1.165) is 38.5 Å². The van der Waals surface area contributed by atoms with Crippen LogP contribution in [0.1, 0.15) is 17.2 Å². The molecule has 0 amide bonds. The van der Waals surface area contributed by atoms with Crippen molar-refractivity contribution in [1.82, 2.24) is 4.98 Å². The first-order chi connectivity index (χ1) is 13.1. The Morgan fingerprint density at radius 3 is 2.59 bits per heavy atom. The molecular weight excluding hydrogens is 341 g/mol. The number of pyridine rings is 1. The topological polar surface area (TPSA) is 42.4 Å². The van der Waals surface area contributed by atoms with Gasteiger partial charge in [-0.15, -0.1) is 0 Å². The van der Waals surface area contributed by atoms with Crippen LogP contribution in [0.5, 0.6) is 0 Å². The number of fused-ring (bicyclic) bond motifs is 3. The van der Waals surface area contributed by atoms with Crippen LogP contribution in [-0.4, -0.2) is 23.8 Å². The minimum atomic E-state index is -0.749. The fraction of sp³-hybridized carbons (Fsp3) is 0.174. The van der Waals surface area contributed by atoms with Crippen LogP contribution >= 0.6 is 0 Å². The highest BCUT2D eigenvalue weighted by Crippen LogP contribution is 2.36. The van der Waals surface area contributed by atoms with E-state index in [-0.39, 0.29) is 12.4 Å². The van der Waals surface area contributed by atoms with Crippen molar-refractivity contribution in [3.05, 3.63) is 77.7 Å². The molecule has 1 atom stereocenters. The highest BCUT2D eigenvalue weighted by atomic mass is 19.1. The Morgan fingerprint density at radius 2 is 1.78 bits per heavy atom. The van der Waals surface area contributed by atoms with E-state index in [1.807, 2.05) is 43.3 Å². The van der Waals surface area contributed by atoms with E-state index in [1.54, 1.807) is 25.4 Å². The van der Waals surface area contributed by atoms with Gasteiger partial charge >= 0.3 is 0 Å². The van der Waals surface area contributed by atoms with Crippen molar-refractivity contribution in [3.8, 4) is 11.3 Å². The third-order valence-electron chi connectivity index (χ3n) is 4.90. The minimum Gasteiger partial charge on any atom is -0.386 e. The number of nitrogens with zero attached hydrogens (tertiary/aromatic N) is 1. The van der Waals surface area contributed by atoms with Gasteiger partial charge in [0.2, 0.25) is 0 Å². The van der Waals surface area contributed by atoms with E-state index < -0.39 is 6.10 Å². The monoisotopic (exact) mass is 361 g/mol. The molecule has 4 heteroatoms. The zero-order valence-corrected chi connectivity index (χ0v) is 15.2. The molecule has 4 rings (SSSR count). The van der Waals surface area contributed by atoms with E-state index in [1.165, 1.54) is 6.07 Å². The lowest BCUT2D eigenvalue weighted by molar-refractivity contribution is 0.0647. The lowest BCUT2D eigenvalue weighted by Crippen LogP contribution is -2.07.